The monoisotopic (exact) mass is 352 g/mol. The van der Waals surface area contributed by atoms with E-state index in [0.717, 1.165) is 34.3 Å². The second-order valence-electron chi connectivity index (χ2n) is 4.70. The van der Waals surface area contributed by atoms with Crippen molar-refractivity contribution in [1.82, 2.24) is 4.72 Å². The third-order valence-corrected chi connectivity index (χ3v) is 6.55. The third-order valence-electron chi connectivity index (χ3n) is 3.23. The Balaban J connectivity index is 2.10. The Labute approximate surface area is 120 Å². The van der Waals surface area contributed by atoms with Gasteiger partial charge in [0.2, 0.25) is 10.0 Å². The quantitative estimate of drug-likeness (QED) is 0.876. The average molecular weight is 353 g/mol. The van der Waals surface area contributed by atoms with Crippen molar-refractivity contribution in [2.75, 3.05) is 0 Å². The molecular weight excluding hydrogens is 336 g/mol. The molecule has 3 N–H and O–H groups in total. The van der Waals surface area contributed by atoms with E-state index >= 15 is 0 Å². The van der Waals surface area contributed by atoms with E-state index in [2.05, 4.69) is 20.7 Å². The highest BCUT2D eigenvalue weighted by atomic mass is 79.9. The highest BCUT2D eigenvalue weighted by molar-refractivity contribution is 9.11. The zero-order valence-electron chi connectivity index (χ0n) is 10.1. The largest absolute Gasteiger partial charge is 0.328 e. The van der Waals surface area contributed by atoms with Crippen LogP contribution in [-0.2, 0) is 10.0 Å². The molecule has 0 aliphatic heterocycles. The Morgan fingerprint density at radius 2 is 2.00 bits per heavy atom. The minimum atomic E-state index is -3.40. The first kappa shape index (κ1) is 14.5. The molecule has 2 rings (SSSR count). The van der Waals surface area contributed by atoms with Crippen LogP contribution in [0.3, 0.4) is 0 Å². The first-order valence-corrected chi connectivity index (χ1v) is 9.01. The number of nitrogens with one attached hydrogen (secondary N) is 1. The van der Waals surface area contributed by atoms with Crippen LogP contribution in [0.2, 0.25) is 0 Å². The Morgan fingerprint density at radius 3 is 2.50 bits per heavy atom. The van der Waals surface area contributed by atoms with Crippen molar-refractivity contribution >= 4 is 37.3 Å². The molecule has 102 valence electrons. The van der Waals surface area contributed by atoms with Gasteiger partial charge in [-0.2, -0.15) is 0 Å². The van der Waals surface area contributed by atoms with Crippen LogP contribution in [0.5, 0.6) is 0 Å². The van der Waals surface area contributed by atoms with Crippen molar-refractivity contribution in [3.8, 4) is 0 Å². The average Bonchev–Trinajstić information content (AvgIpc) is 2.62. The van der Waals surface area contributed by atoms with E-state index in [9.17, 15) is 8.42 Å². The predicted molar refractivity (Wildman–Crippen MR) is 77.3 cm³/mol. The number of thiophene rings is 1. The molecule has 1 heterocycles. The summed E-state index contributed by atoms with van der Waals surface area (Å²) in [5.74, 6) is 0. The number of nitrogens with two attached hydrogens (primary N) is 1. The van der Waals surface area contributed by atoms with E-state index in [-0.39, 0.29) is 12.1 Å². The Kier molecular flexibility index (Phi) is 4.48. The molecule has 1 aromatic rings. The van der Waals surface area contributed by atoms with Gasteiger partial charge in [0.05, 0.1) is 8.68 Å². The van der Waals surface area contributed by atoms with Crippen molar-refractivity contribution in [3.63, 3.8) is 0 Å². The van der Waals surface area contributed by atoms with Crippen LogP contribution >= 0.6 is 27.3 Å². The molecule has 0 unspecified atom stereocenters. The van der Waals surface area contributed by atoms with Crippen molar-refractivity contribution in [3.05, 3.63) is 14.7 Å². The van der Waals surface area contributed by atoms with Crippen LogP contribution in [0.25, 0.3) is 0 Å². The maximum absolute atomic E-state index is 12.3. The standard InChI is InChI=1S/C11H17BrN2O2S2/c1-7-10(6-11(12)17-7)18(15,16)14-9-4-2-8(13)3-5-9/h6,8-9,14H,2-5,13H2,1H3. The van der Waals surface area contributed by atoms with Crippen LogP contribution in [0.1, 0.15) is 30.6 Å². The number of rotatable bonds is 3. The lowest BCUT2D eigenvalue weighted by Gasteiger charge is -2.26. The molecule has 4 nitrogen and oxygen atoms in total. The van der Waals surface area contributed by atoms with Crippen LogP contribution in [-0.4, -0.2) is 20.5 Å². The van der Waals surface area contributed by atoms with Gasteiger partial charge in [-0.05, 0) is 54.6 Å². The lowest BCUT2D eigenvalue weighted by atomic mass is 9.93. The second-order valence-corrected chi connectivity index (χ2v) is 9.02. The summed E-state index contributed by atoms with van der Waals surface area (Å²) in [5.41, 5.74) is 5.82. The Morgan fingerprint density at radius 1 is 1.39 bits per heavy atom. The van der Waals surface area contributed by atoms with Crippen LogP contribution in [0.15, 0.2) is 14.7 Å². The SMILES string of the molecule is Cc1sc(Br)cc1S(=O)(=O)NC1CCC(N)CC1. The van der Waals surface area contributed by atoms with E-state index in [1.54, 1.807) is 6.07 Å². The van der Waals surface area contributed by atoms with E-state index in [1.165, 1.54) is 11.3 Å². The first-order valence-electron chi connectivity index (χ1n) is 5.92. The van der Waals surface area contributed by atoms with Gasteiger partial charge in [-0.15, -0.1) is 11.3 Å². The molecule has 7 heteroatoms. The molecular formula is C11H17BrN2O2S2. The molecule has 1 fully saturated rings. The second kappa shape index (κ2) is 5.58. The summed E-state index contributed by atoms with van der Waals surface area (Å²) in [4.78, 5) is 1.19. The maximum Gasteiger partial charge on any atom is 0.241 e. The summed E-state index contributed by atoms with van der Waals surface area (Å²) in [6.45, 7) is 1.82. The van der Waals surface area contributed by atoms with Crippen molar-refractivity contribution in [2.45, 2.75) is 49.6 Å². The summed E-state index contributed by atoms with van der Waals surface area (Å²) < 4.78 is 28.1. The van der Waals surface area contributed by atoms with Gasteiger partial charge in [-0.25, -0.2) is 13.1 Å². The fourth-order valence-electron chi connectivity index (χ4n) is 2.22. The molecule has 1 aliphatic carbocycles. The first-order chi connectivity index (χ1) is 8.38. The normalized spacial score (nSPS) is 25.3. The van der Waals surface area contributed by atoms with Crippen molar-refractivity contribution < 1.29 is 8.42 Å². The number of sulfonamides is 1. The molecule has 0 amide bonds. The van der Waals surface area contributed by atoms with Gasteiger partial charge in [0.25, 0.3) is 0 Å². The predicted octanol–water partition coefficient (Wildman–Crippen LogP) is 2.37. The minimum absolute atomic E-state index is 0.0212. The third kappa shape index (κ3) is 3.33. The molecule has 18 heavy (non-hydrogen) atoms. The molecule has 0 saturated heterocycles. The smallest absolute Gasteiger partial charge is 0.241 e. The van der Waals surface area contributed by atoms with Crippen LogP contribution < -0.4 is 10.5 Å². The summed E-state index contributed by atoms with van der Waals surface area (Å²) in [5, 5.41) is 0. The van der Waals surface area contributed by atoms with Gasteiger partial charge >= 0.3 is 0 Å². The lowest BCUT2D eigenvalue weighted by molar-refractivity contribution is 0.373. The summed E-state index contributed by atoms with van der Waals surface area (Å²) >= 11 is 4.75. The zero-order valence-corrected chi connectivity index (χ0v) is 13.4. The van der Waals surface area contributed by atoms with Crippen molar-refractivity contribution in [1.29, 1.82) is 0 Å². The Hall–Kier alpha value is 0.0500. The molecule has 1 saturated carbocycles. The lowest BCUT2D eigenvalue weighted by Crippen LogP contribution is -2.40. The highest BCUT2D eigenvalue weighted by Gasteiger charge is 2.26. The van der Waals surface area contributed by atoms with Gasteiger partial charge in [0, 0.05) is 17.0 Å². The van der Waals surface area contributed by atoms with Gasteiger partial charge in [-0.3, -0.25) is 0 Å². The van der Waals surface area contributed by atoms with E-state index < -0.39 is 10.0 Å². The molecule has 1 aliphatic rings. The fourth-order valence-corrected chi connectivity index (χ4v) is 5.94. The van der Waals surface area contributed by atoms with Crippen LogP contribution in [0.4, 0.5) is 0 Å². The minimum Gasteiger partial charge on any atom is -0.328 e. The number of aryl methyl sites for hydroxylation is 1. The molecule has 0 spiro atoms. The highest BCUT2D eigenvalue weighted by Crippen LogP contribution is 2.30. The van der Waals surface area contributed by atoms with Gasteiger partial charge in [-0.1, -0.05) is 0 Å². The van der Waals surface area contributed by atoms with E-state index in [4.69, 9.17) is 5.73 Å². The summed E-state index contributed by atoms with van der Waals surface area (Å²) in [6, 6.07) is 1.91. The van der Waals surface area contributed by atoms with Gasteiger partial charge in [0.15, 0.2) is 0 Å². The molecule has 0 bridgehead atoms. The summed E-state index contributed by atoms with van der Waals surface area (Å²) in [7, 11) is -3.40. The number of hydrogen-bond donors (Lipinski definition) is 2. The molecule has 1 aromatic heterocycles. The number of hydrogen-bond acceptors (Lipinski definition) is 4. The van der Waals surface area contributed by atoms with Crippen molar-refractivity contribution in [2.24, 2.45) is 5.73 Å². The van der Waals surface area contributed by atoms with Gasteiger partial charge < -0.3 is 5.73 Å². The summed E-state index contributed by atoms with van der Waals surface area (Å²) in [6.07, 6.45) is 3.43. The topological polar surface area (TPSA) is 72.2 Å². The van der Waals surface area contributed by atoms with E-state index in [0.29, 0.717) is 4.90 Å². The van der Waals surface area contributed by atoms with Crippen LogP contribution in [0, 0.1) is 6.92 Å². The molecule has 0 atom stereocenters. The fraction of sp³-hybridized carbons (Fsp3) is 0.636. The zero-order chi connectivity index (χ0) is 13.3. The maximum atomic E-state index is 12.3. The van der Waals surface area contributed by atoms with E-state index in [1.807, 2.05) is 6.92 Å². The molecule has 0 aromatic carbocycles. The molecule has 0 radical (unpaired) electrons. The van der Waals surface area contributed by atoms with Gasteiger partial charge in [0.1, 0.15) is 0 Å². The number of halogens is 1. The Bertz CT molecular complexity index is 519.